The second-order valence-electron chi connectivity index (χ2n) is 6.14. The highest BCUT2D eigenvalue weighted by Crippen LogP contribution is 2.40. The second kappa shape index (κ2) is 6.99. The molecule has 24 heavy (non-hydrogen) atoms. The van der Waals surface area contributed by atoms with E-state index in [1.54, 1.807) is 0 Å². The van der Waals surface area contributed by atoms with Gasteiger partial charge in [0, 0.05) is 31.9 Å². The number of rotatable bonds is 4. The van der Waals surface area contributed by atoms with Crippen molar-refractivity contribution in [3.63, 3.8) is 0 Å². The van der Waals surface area contributed by atoms with E-state index in [9.17, 15) is 0 Å². The number of pyridine rings is 1. The smallest absolute Gasteiger partial charge is 0.231 e. The number of aromatic nitrogens is 1. The van der Waals surface area contributed by atoms with Crippen LogP contribution in [0.1, 0.15) is 18.4 Å². The molecule has 1 N–H and O–H groups in total. The lowest BCUT2D eigenvalue weighted by Crippen LogP contribution is -2.42. The van der Waals surface area contributed by atoms with Gasteiger partial charge in [-0.1, -0.05) is 6.07 Å². The minimum Gasteiger partial charge on any atom is -0.454 e. The molecule has 3 heterocycles. The molecule has 0 bridgehead atoms. The third-order valence-corrected chi connectivity index (χ3v) is 5.14. The van der Waals surface area contributed by atoms with E-state index in [0.29, 0.717) is 12.8 Å². The monoisotopic (exact) mass is 389 g/mol. The van der Waals surface area contributed by atoms with Gasteiger partial charge in [0.2, 0.25) is 6.79 Å². The Morgan fingerprint density at radius 3 is 2.88 bits per heavy atom. The Bertz CT molecular complexity index is 703. The molecule has 6 heteroatoms. The molecule has 126 valence electrons. The zero-order valence-electron chi connectivity index (χ0n) is 13.4. The molecule has 0 amide bonds. The van der Waals surface area contributed by atoms with Crippen molar-refractivity contribution in [3.05, 3.63) is 46.6 Å². The van der Waals surface area contributed by atoms with Crippen molar-refractivity contribution < 1.29 is 9.47 Å². The van der Waals surface area contributed by atoms with Gasteiger partial charge in [0.25, 0.3) is 0 Å². The number of nitrogens with one attached hydrogen (secondary N) is 1. The Kier molecular flexibility index (Phi) is 4.58. The number of hydrogen-bond acceptors (Lipinski definition) is 5. The van der Waals surface area contributed by atoms with Crippen LogP contribution >= 0.6 is 15.9 Å². The van der Waals surface area contributed by atoms with Crippen LogP contribution in [0.4, 0.5) is 5.82 Å². The number of anilines is 1. The third kappa shape index (κ3) is 3.35. The van der Waals surface area contributed by atoms with Gasteiger partial charge in [-0.05, 0) is 58.6 Å². The standard InChI is InChI=1S/C18H20BrN3O2/c19-15-9-13(10-16-18(15)24-12-23-16)11-21-14-4-7-22(8-5-14)17-3-1-2-6-20-17/h1-3,6,9-10,14,21H,4-5,7-8,11-12H2. The van der Waals surface area contributed by atoms with Crippen LogP contribution < -0.4 is 19.7 Å². The predicted molar refractivity (Wildman–Crippen MR) is 96.6 cm³/mol. The maximum atomic E-state index is 5.48. The average molecular weight is 390 g/mol. The molecule has 4 rings (SSSR count). The zero-order chi connectivity index (χ0) is 16.4. The van der Waals surface area contributed by atoms with Crippen LogP contribution in [-0.4, -0.2) is 30.9 Å². The zero-order valence-corrected chi connectivity index (χ0v) is 15.0. The lowest BCUT2D eigenvalue weighted by Gasteiger charge is -2.33. The van der Waals surface area contributed by atoms with Gasteiger partial charge in [-0.3, -0.25) is 0 Å². The van der Waals surface area contributed by atoms with Crippen molar-refractivity contribution in [2.45, 2.75) is 25.4 Å². The summed E-state index contributed by atoms with van der Waals surface area (Å²) < 4.78 is 11.9. The summed E-state index contributed by atoms with van der Waals surface area (Å²) >= 11 is 3.55. The summed E-state index contributed by atoms with van der Waals surface area (Å²) in [6, 6.07) is 10.8. The van der Waals surface area contributed by atoms with E-state index < -0.39 is 0 Å². The van der Waals surface area contributed by atoms with Crippen molar-refractivity contribution in [2.24, 2.45) is 0 Å². The minimum atomic E-state index is 0.302. The summed E-state index contributed by atoms with van der Waals surface area (Å²) in [4.78, 5) is 6.80. The average Bonchev–Trinajstić information content (AvgIpc) is 3.10. The summed E-state index contributed by atoms with van der Waals surface area (Å²) in [5.74, 6) is 2.71. The van der Waals surface area contributed by atoms with E-state index >= 15 is 0 Å². The molecular formula is C18H20BrN3O2. The molecule has 0 atom stereocenters. The first-order chi connectivity index (χ1) is 11.8. The molecule has 2 aromatic rings. The molecule has 0 saturated carbocycles. The Morgan fingerprint density at radius 1 is 1.21 bits per heavy atom. The lowest BCUT2D eigenvalue weighted by atomic mass is 10.0. The molecule has 1 aromatic heterocycles. The maximum Gasteiger partial charge on any atom is 0.231 e. The number of nitrogens with zero attached hydrogens (tertiary/aromatic N) is 2. The summed E-state index contributed by atoms with van der Waals surface area (Å²) in [5, 5.41) is 3.66. The first-order valence-corrected chi connectivity index (χ1v) is 9.06. The highest BCUT2D eigenvalue weighted by Gasteiger charge is 2.21. The second-order valence-corrected chi connectivity index (χ2v) is 7.00. The number of piperidine rings is 1. The third-order valence-electron chi connectivity index (χ3n) is 4.55. The highest BCUT2D eigenvalue weighted by molar-refractivity contribution is 9.10. The molecule has 0 radical (unpaired) electrons. The van der Waals surface area contributed by atoms with Gasteiger partial charge in [-0.15, -0.1) is 0 Å². The SMILES string of the molecule is Brc1cc(CNC2CCN(c3ccccn3)CC2)cc2c1OCO2. The van der Waals surface area contributed by atoms with Gasteiger partial charge >= 0.3 is 0 Å². The minimum absolute atomic E-state index is 0.302. The molecule has 2 aliphatic rings. The van der Waals surface area contributed by atoms with Gasteiger partial charge in [-0.25, -0.2) is 4.98 Å². The predicted octanol–water partition coefficient (Wildman–Crippen LogP) is 3.33. The maximum absolute atomic E-state index is 5.48. The summed E-state index contributed by atoms with van der Waals surface area (Å²) in [6.45, 7) is 3.22. The number of fused-ring (bicyclic) bond motifs is 1. The molecule has 0 aliphatic carbocycles. The van der Waals surface area contributed by atoms with Crippen molar-refractivity contribution in [1.82, 2.24) is 10.3 Å². The van der Waals surface area contributed by atoms with E-state index in [2.05, 4.69) is 49.3 Å². The molecule has 0 unspecified atom stereocenters. The van der Waals surface area contributed by atoms with Gasteiger partial charge < -0.3 is 19.7 Å². The number of ether oxygens (including phenoxy) is 2. The Labute approximate surface area is 150 Å². The number of benzene rings is 1. The highest BCUT2D eigenvalue weighted by atomic mass is 79.9. The van der Waals surface area contributed by atoms with E-state index in [-0.39, 0.29) is 0 Å². The van der Waals surface area contributed by atoms with Crippen molar-refractivity contribution in [1.29, 1.82) is 0 Å². The lowest BCUT2D eigenvalue weighted by molar-refractivity contribution is 0.173. The fourth-order valence-corrected chi connectivity index (χ4v) is 3.84. The van der Waals surface area contributed by atoms with Crippen molar-refractivity contribution in [3.8, 4) is 11.5 Å². The van der Waals surface area contributed by atoms with Crippen molar-refractivity contribution in [2.75, 3.05) is 24.8 Å². The largest absolute Gasteiger partial charge is 0.454 e. The first-order valence-electron chi connectivity index (χ1n) is 8.27. The fourth-order valence-electron chi connectivity index (χ4n) is 3.24. The van der Waals surface area contributed by atoms with Crippen LogP contribution in [0.5, 0.6) is 11.5 Å². The van der Waals surface area contributed by atoms with Crippen molar-refractivity contribution >= 4 is 21.7 Å². The Morgan fingerprint density at radius 2 is 2.08 bits per heavy atom. The molecule has 1 aromatic carbocycles. The summed E-state index contributed by atoms with van der Waals surface area (Å²) in [7, 11) is 0. The van der Waals surface area contributed by atoms with Crippen LogP contribution in [-0.2, 0) is 6.54 Å². The summed E-state index contributed by atoms with van der Waals surface area (Å²) in [6.07, 6.45) is 4.11. The van der Waals surface area contributed by atoms with Crippen LogP contribution in [0, 0.1) is 0 Å². The van der Waals surface area contributed by atoms with Gasteiger partial charge in [0.05, 0.1) is 4.47 Å². The van der Waals surface area contributed by atoms with E-state index in [4.69, 9.17) is 9.47 Å². The van der Waals surface area contributed by atoms with E-state index in [0.717, 1.165) is 54.3 Å². The number of hydrogen-bond donors (Lipinski definition) is 1. The van der Waals surface area contributed by atoms with Crippen LogP contribution in [0.15, 0.2) is 41.0 Å². The molecule has 1 saturated heterocycles. The molecular weight excluding hydrogens is 370 g/mol. The van der Waals surface area contributed by atoms with Crippen LogP contribution in [0.3, 0.4) is 0 Å². The Balaban J connectivity index is 1.31. The normalized spacial score (nSPS) is 17.3. The van der Waals surface area contributed by atoms with Gasteiger partial charge in [-0.2, -0.15) is 0 Å². The topological polar surface area (TPSA) is 46.6 Å². The van der Waals surface area contributed by atoms with Crippen LogP contribution in [0.2, 0.25) is 0 Å². The van der Waals surface area contributed by atoms with Gasteiger partial charge in [0.15, 0.2) is 11.5 Å². The summed E-state index contributed by atoms with van der Waals surface area (Å²) in [5.41, 5.74) is 1.21. The van der Waals surface area contributed by atoms with Gasteiger partial charge in [0.1, 0.15) is 5.82 Å². The molecule has 2 aliphatic heterocycles. The van der Waals surface area contributed by atoms with E-state index in [1.165, 1.54) is 5.56 Å². The van der Waals surface area contributed by atoms with Crippen LogP contribution in [0.25, 0.3) is 0 Å². The first kappa shape index (κ1) is 15.7. The fraction of sp³-hybridized carbons (Fsp3) is 0.389. The molecule has 1 fully saturated rings. The quantitative estimate of drug-likeness (QED) is 0.868. The van der Waals surface area contributed by atoms with E-state index in [1.807, 2.05) is 18.3 Å². The molecule has 0 spiro atoms. The molecule has 5 nitrogen and oxygen atoms in total. The Hall–Kier alpha value is -1.79. The number of halogens is 1.